The van der Waals surface area contributed by atoms with E-state index in [9.17, 15) is 9.59 Å². The van der Waals surface area contributed by atoms with Gasteiger partial charge >= 0.3 is 5.97 Å². The lowest BCUT2D eigenvalue weighted by molar-refractivity contribution is -0.143. The normalized spacial score (nSPS) is 10.1. The highest BCUT2D eigenvalue weighted by molar-refractivity contribution is 5.99. The Bertz CT molecular complexity index is 470. The first kappa shape index (κ1) is 15.0. The zero-order valence-electron chi connectivity index (χ0n) is 11.6. The van der Waals surface area contributed by atoms with Gasteiger partial charge in [0.05, 0.1) is 12.2 Å². The van der Waals surface area contributed by atoms with Gasteiger partial charge in [-0.2, -0.15) is 0 Å². The predicted octanol–water partition coefficient (Wildman–Crippen LogP) is 1.47. The molecule has 0 spiro atoms. The third-order valence-corrected chi connectivity index (χ3v) is 2.68. The number of ether oxygens (including phenoxy) is 1. The summed E-state index contributed by atoms with van der Waals surface area (Å²) in [6.45, 7) is 2.15. The molecule has 5 heteroatoms. The SMILES string of the molecule is CCOC(=O)CCc1ccc(N)c(C(=O)N(C)C)c1. The maximum absolute atomic E-state index is 11.9. The monoisotopic (exact) mass is 264 g/mol. The van der Waals surface area contributed by atoms with Gasteiger partial charge < -0.3 is 15.4 Å². The van der Waals surface area contributed by atoms with Gasteiger partial charge in [0.15, 0.2) is 0 Å². The third kappa shape index (κ3) is 4.28. The molecule has 0 aromatic heterocycles. The molecule has 0 heterocycles. The molecule has 19 heavy (non-hydrogen) atoms. The maximum Gasteiger partial charge on any atom is 0.306 e. The summed E-state index contributed by atoms with van der Waals surface area (Å²) in [5.41, 5.74) is 7.60. The van der Waals surface area contributed by atoms with Crippen molar-refractivity contribution in [3.8, 4) is 0 Å². The highest BCUT2D eigenvalue weighted by Gasteiger charge is 2.13. The molecule has 1 aromatic carbocycles. The van der Waals surface area contributed by atoms with E-state index in [2.05, 4.69) is 0 Å². The van der Waals surface area contributed by atoms with E-state index in [-0.39, 0.29) is 11.9 Å². The molecule has 0 saturated heterocycles. The van der Waals surface area contributed by atoms with Crippen LogP contribution in [0.3, 0.4) is 0 Å². The van der Waals surface area contributed by atoms with Crippen molar-refractivity contribution in [3.05, 3.63) is 29.3 Å². The first-order valence-electron chi connectivity index (χ1n) is 6.21. The van der Waals surface area contributed by atoms with Crippen molar-refractivity contribution in [1.29, 1.82) is 0 Å². The Morgan fingerprint density at radius 1 is 1.32 bits per heavy atom. The zero-order valence-corrected chi connectivity index (χ0v) is 11.6. The van der Waals surface area contributed by atoms with Crippen molar-refractivity contribution >= 4 is 17.6 Å². The number of rotatable bonds is 5. The van der Waals surface area contributed by atoms with E-state index >= 15 is 0 Å². The molecule has 0 bridgehead atoms. The van der Waals surface area contributed by atoms with E-state index in [0.29, 0.717) is 30.7 Å². The highest BCUT2D eigenvalue weighted by atomic mass is 16.5. The maximum atomic E-state index is 11.9. The first-order chi connectivity index (χ1) is 8.95. The smallest absolute Gasteiger partial charge is 0.306 e. The molecule has 0 aliphatic carbocycles. The Balaban J connectivity index is 2.79. The average molecular weight is 264 g/mol. The second-order valence-electron chi connectivity index (χ2n) is 4.43. The molecule has 0 unspecified atom stereocenters. The van der Waals surface area contributed by atoms with Crippen LogP contribution in [0.15, 0.2) is 18.2 Å². The molecule has 0 fully saturated rings. The Hall–Kier alpha value is -2.04. The molecular weight excluding hydrogens is 244 g/mol. The van der Waals surface area contributed by atoms with Crippen LogP contribution in [0.4, 0.5) is 5.69 Å². The molecule has 1 rings (SSSR count). The number of esters is 1. The Morgan fingerprint density at radius 2 is 2.00 bits per heavy atom. The van der Waals surface area contributed by atoms with Crippen LogP contribution >= 0.6 is 0 Å². The summed E-state index contributed by atoms with van der Waals surface area (Å²) in [5.74, 6) is -0.379. The molecule has 5 nitrogen and oxygen atoms in total. The molecule has 0 aliphatic heterocycles. The zero-order chi connectivity index (χ0) is 14.4. The Labute approximate surface area is 113 Å². The Morgan fingerprint density at radius 3 is 2.58 bits per heavy atom. The van der Waals surface area contributed by atoms with Crippen LogP contribution in [0.1, 0.15) is 29.3 Å². The number of nitrogens with two attached hydrogens (primary N) is 1. The summed E-state index contributed by atoms with van der Waals surface area (Å²) in [6, 6.07) is 5.25. The number of carbonyl (C=O) groups excluding carboxylic acids is 2. The quantitative estimate of drug-likeness (QED) is 0.645. The van der Waals surface area contributed by atoms with Gasteiger partial charge in [0.1, 0.15) is 0 Å². The number of amides is 1. The van der Waals surface area contributed by atoms with Crippen LogP contribution in [0.5, 0.6) is 0 Å². The van der Waals surface area contributed by atoms with Gasteiger partial charge in [-0.05, 0) is 31.0 Å². The second-order valence-corrected chi connectivity index (χ2v) is 4.43. The number of carbonyl (C=O) groups is 2. The lowest BCUT2D eigenvalue weighted by Crippen LogP contribution is -2.23. The first-order valence-corrected chi connectivity index (χ1v) is 6.21. The van der Waals surface area contributed by atoms with E-state index < -0.39 is 0 Å². The summed E-state index contributed by atoms with van der Waals surface area (Å²) < 4.78 is 4.86. The lowest BCUT2D eigenvalue weighted by atomic mass is 10.0. The van der Waals surface area contributed by atoms with Gasteiger partial charge in [-0.15, -0.1) is 0 Å². The standard InChI is InChI=1S/C14H20N2O3/c1-4-19-13(17)8-6-10-5-7-12(15)11(9-10)14(18)16(2)3/h5,7,9H,4,6,8,15H2,1-3H3. The molecule has 0 radical (unpaired) electrons. The van der Waals surface area contributed by atoms with E-state index in [1.165, 1.54) is 4.90 Å². The largest absolute Gasteiger partial charge is 0.466 e. The van der Waals surface area contributed by atoms with Gasteiger partial charge in [0.25, 0.3) is 5.91 Å². The minimum absolute atomic E-state index is 0.143. The summed E-state index contributed by atoms with van der Waals surface area (Å²) in [6.07, 6.45) is 0.834. The number of hydrogen-bond acceptors (Lipinski definition) is 4. The number of nitrogens with zero attached hydrogens (tertiary/aromatic N) is 1. The fourth-order valence-corrected chi connectivity index (χ4v) is 1.66. The second kappa shape index (κ2) is 6.78. The lowest BCUT2D eigenvalue weighted by Gasteiger charge is -2.13. The van der Waals surface area contributed by atoms with Gasteiger partial charge in [0, 0.05) is 26.2 Å². The van der Waals surface area contributed by atoms with Crippen LogP contribution in [0.2, 0.25) is 0 Å². The van der Waals surface area contributed by atoms with Crippen LogP contribution in [-0.2, 0) is 16.0 Å². The van der Waals surface area contributed by atoms with E-state index in [4.69, 9.17) is 10.5 Å². The average Bonchev–Trinajstić information content (AvgIpc) is 2.37. The van der Waals surface area contributed by atoms with Gasteiger partial charge in [-0.3, -0.25) is 9.59 Å². The molecule has 2 N–H and O–H groups in total. The molecule has 1 aromatic rings. The number of benzene rings is 1. The summed E-state index contributed by atoms with van der Waals surface area (Å²) in [4.78, 5) is 24.7. The third-order valence-electron chi connectivity index (χ3n) is 2.68. The topological polar surface area (TPSA) is 72.6 Å². The molecule has 0 aliphatic rings. The van der Waals surface area contributed by atoms with Crippen molar-refractivity contribution < 1.29 is 14.3 Å². The molecular formula is C14H20N2O3. The van der Waals surface area contributed by atoms with Gasteiger partial charge in [0.2, 0.25) is 0 Å². The van der Waals surface area contributed by atoms with Gasteiger partial charge in [-0.1, -0.05) is 6.07 Å². The van der Waals surface area contributed by atoms with Crippen LogP contribution in [0.25, 0.3) is 0 Å². The summed E-state index contributed by atoms with van der Waals surface area (Å²) in [5, 5.41) is 0. The van der Waals surface area contributed by atoms with Crippen molar-refractivity contribution in [2.45, 2.75) is 19.8 Å². The van der Waals surface area contributed by atoms with E-state index in [1.807, 2.05) is 6.07 Å². The minimum Gasteiger partial charge on any atom is -0.466 e. The molecule has 1 amide bonds. The molecule has 0 saturated carbocycles. The van der Waals surface area contributed by atoms with E-state index in [0.717, 1.165) is 5.56 Å². The van der Waals surface area contributed by atoms with Gasteiger partial charge in [-0.25, -0.2) is 0 Å². The molecule has 104 valence electrons. The summed E-state index contributed by atoms with van der Waals surface area (Å²) >= 11 is 0. The minimum atomic E-state index is -0.236. The Kier molecular flexibility index (Phi) is 5.36. The fourth-order valence-electron chi connectivity index (χ4n) is 1.66. The number of hydrogen-bond donors (Lipinski definition) is 1. The van der Waals surface area contributed by atoms with Crippen LogP contribution in [0, 0.1) is 0 Å². The predicted molar refractivity (Wildman–Crippen MR) is 73.8 cm³/mol. The highest BCUT2D eigenvalue weighted by Crippen LogP contribution is 2.17. The van der Waals surface area contributed by atoms with Crippen LogP contribution < -0.4 is 5.73 Å². The number of nitrogen functional groups attached to an aromatic ring is 1. The number of aryl methyl sites for hydroxylation is 1. The van der Waals surface area contributed by atoms with Crippen molar-refractivity contribution in [1.82, 2.24) is 4.90 Å². The summed E-state index contributed by atoms with van der Waals surface area (Å²) in [7, 11) is 3.35. The van der Waals surface area contributed by atoms with Crippen molar-refractivity contribution in [2.24, 2.45) is 0 Å². The van der Waals surface area contributed by atoms with Crippen molar-refractivity contribution in [3.63, 3.8) is 0 Å². The number of anilines is 1. The molecule has 0 atom stereocenters. The van der Waals surface area contributed by atoms with E-state index in [1.54, 1.807) is 33.2 Å². The fraction of sp³-hybridized carbons (Fsp3) is 0.429. The van der Waals surface area contributed by atoms with Crippen LogP contribution in [-0.4, -0.2) is 37.5 Å². The van der Waals surface area contributed by atoms with Crippen molar-refractivity contribution in [2.75, 3.05) is 26.4 Å².